The van der Waals surface area contributed by atoms with Gasteiger partial charge in [-0.05, 0) is 40.2 Å². The molecule has 30 heavy (non-hydrogen) atoms. The SMILES string of the molecule is CCOC(=O)C(C)(C)c1ncn(COCc2ccccc2)c1CC1COC(C)(C)O1. The Hall–Kier alpha value is -2.22. The third-order valence-electron chi connectivity index (χ3n) is 5.15. The van der Waals surface area contributed by atoms with Crippen LogP contribution in [0.1, 0.15) is 51.6 Å². The van der Waals surface area contributed by atoms with Crippen LogP contribution in [0.2, 0.25) is 0 Å². The summed E-state index contributed by atoms with van der Waals surface area (Å²) in [6.45, 7) is 10.9. The molecule has 3 rings (SSSR count). The van der Waals surface area contributed by atoms with Crippen LogP contribution >= 0.6 is 0 Å². The summed E-state index contributed by atoms with van der Waals surface area (Å²) in [6, 6.07) is 10.00. The molecule has 1 aromatic heterocycles. The van der Waals surface area contributed by atoms with Gasteiger partial charge in [-0.25, -0.2) is 4.98 Å². The number of nitrogens with zero attached hydrogens (tertiary/aromatic N) is 2. The molecule has 7 heteroatoms. The second kappa shape index (κ2) is 9.29. The molecule has 1 unspecified atom stereocenters. The van der Waals surface area contributed by atoms with Crippen molar-refractivity contribution in [2.45, 2.75) is 71.7 Å². The molecule has 0 saturated carbocycles. The monoisotopic (exact) mass is 416 g/mol. The van der Waals surface area contributed by atoms with Crippen LogP contribution in [0, 0.1) is 0 Å². The van der Waals surface area contributed by atoms with Crippen molar-refractivity contribution in [2.75, 3.05) is 13.2 Å². The standard InChI is InChI=1S/C23H32N2O5/c1-6-28-21(26)22(2,3)20-19(12-18-14-29-23(4,5)30-18)25(15-24-20)16-27-13-17-10-8-7-9-11-17/h7-11,15,18H,6,12-14,16H2,1-5H3. The van der Waals surface area contributed by atoms with E-state index in [2.05, 4.69) is 4.98 Å². The number of esters is 1. The van der Waals surface area contributed by atoms with E-state index in [1.807, 2.05) is 62.6 Å². The maximum Gasteiger partial charge on any atom is 0.317 e. The highest BCUT2D eigenvalue weighted by Crippen LogP contribution is 2.31. The zero-order valence-electron chi connectivity index (χ0n) is 18.5. The summed E-state index contributed by atoms with van der Waals surface area (Å²) in [5.41, 5.74) is 1.79. The van der Waals surface area contributed by atoms with Crippen LogP contribution in [0.4, 0.5) is 0 Å². The first-order chi connectivity index (χ1) is 14.2. The van der Waals surface area contributed by atoms with Gasteiger partial charge in [0, 0.05) is 12.1 Å². The third-order valence-corrected chi connectivity index (χ3v) is 5.15. The van der Waals surface area contributed by atoms with E-state index >= 15 is 0 Å². The molecule has 0 N–H and O–H groups in total. The minimum Gasteiger partial charge on any atom is -0.465 e. The lowest BCUT2D eigenvalue weighted by Gasteiger charge is -2.24. The normalized spacial score (nSPS) is 18.5. The number of benzene rings is 1. The molecule has 164 valence electrons. The fraction of sp³-hybridized carbons (Fsp3) is 0.565. The first kappa shape index (κ1) is 22.5. The number of hydrogen-bond acceptors (Lipinski definition) is 6. The summed E-state index contributed by atoms with van der Waals surface area (Å²) in [7, 11) is 0. The van der Waals surface area contributed by atoms with Gasteiger partial charge in [0.15, 0.2) is 5.79 Å². The van der Waals surface area contributed by atoms with E-state index in [0.29, 0.717) is 38.7 Å². The van der Waals surface area contributed by atoms with Crippen LogP contribution in [0.15, 0.2) is 36.7 Å². The van der Waals surface area contributed by atoms with Crippen LogP contribution in [0.5, 0.6) is 0 Å². The van der Waals surface area contributed by atoms with Crippen molar-refractivity contribution < 1.29 is 23.7 Å². The lowest BCUT2D eigenvalue weighted by molar-refractivity contribution is -0.149. The Kier molecular flexibility index (Phi) is 6.95. The zero-order valence-corrected chi connectivity index (χ0v) is 18.5. The van der Waals surface area contributed by atoms with Crippen LogP contribution in [0.3, 0.4) is 0 Å². The van der Waals surface area contributed by atoms with Crippen molar-refractivity contribution in [3.8, 4) is 0 Å². The van der Waals surface area contributed by atoms with Crippen LogP contribution in [0.25, 0.3) is 0 Å². The summed E-state index contributed by atoms with van der Waals surface area (Å²) in [6.07, 6.45) is 2.16. The number of hydrogen-bond donors (Lipinski definition) is 0. The minimum atomic E-state index is -0.884. The third kappa shape index (κ3) is 5.28. The topological polar surface area (TPSA) is 71.8 Å². The molecule has 0 radical (unpaired) electrons. The molecule has 1 aliphatic rings. The number of carbonyl (C=O) groups excluding carboxylic acids is 1. The van der Waals surface area contributed by atoms with Gasteiger partial charge in [-0.3, -0.25) is 4.79 Å². The van der Waals surface area contributed by atoms with Crippen molar-refractivity contribution >= 4 is 5.97 Å². The summed E-state index contributed by atoms with van der Waals surface area (Å²) >= 11 is 0. The lowest BCUT2D eigenvalue weighted by atomic mass is 9.87. The Balaban J connectivity index is 1.80. The van der Waals surface area contributed by atoms with Crippen molar-refractivity contribution in [3.05, 3.63) is 53.6 Å². The highest BCUT2D eigenvalue weighted by Gasteiger charge is 2.39. The van der Waals surface area contributed by atoms with Gasteiger partial charge in [-0.1, -0.05) is 30.3 Å². The number of carbonyl (C=O) groups is 1. The van der Waals surface area contributed by atoms with Gasteiger partial charge in [0.25, 0.3) is 0 Å². The summed E-state index contributed by atoms with van der Waals surface area (Å²) in [4.78, 5) is 17.2. The molecule has 0 bridgehead atoms. The zero-order chi connectivity index (χ0) is 21.8. The molecule has 0 amide bonds. The first-order valence-corrected chi connectivity index (χ1v) is 10.4. The van der Waals surface area contributed by atoms with E-state index in [4.69, 9.17) is 18.9 Å². The lowest BCUT2D eigenvalue weighted by Crippen LogP contribution is -2.34. The van der Waals surface area contributed by atoms with Crippen LogP contribution < -0.4 is 0 Å². The molecule has 1 atom stereocenters. The average molecular weight is 417 g/mol. The van der Waals surface area contributed by atoms with E-state index in [-0.39, 0.29) is 12.1 Å². The number of aromatic nitrogens is 2. The molecule has 2 aromatic rings. The Morgan fingerprint density at radius 3 is 2.67 bits per heavy atom. The Bertz CT molecular complexity index is 845. The second-order valence-electron chi connectivity index (χ2n) is 8.47. The molecule has 0 aliphatic carbocycles. The molecule has 0 spiro atoms. The summed E-state index contributed by atoms with van der Waals surface area (Å²) in [5.74, 6) is -0.915. The summed E-state index contributed by atoms with van der Waals surface area (Å²) < 4.78 is 24.9. The van der Waals surface area contributed by atoms with Crippen molar-refractivity contribution in [1.29, 1.82) is 0 Å². The first-order valence-electron chi connectivity index (χ1n) is 10.4. The predicted octanol–water partition coefficient (Wildman–Crippen LogP) is 3.59. The number of ether oxygens (including phenoxy) is 4. The largest absolute Gasteiger partial charge is 0.465 e. The molecule has 1 fully saturated rings. The Labute approximate surface area is 178 Å². The van der Waals surface area contributed by atoms with Crippen LogP contribution in [-0.2, 0) is 48.9 Å². The molecule has 7 nitrogen and oxygen atoms in total. The molecule has 1 aromatic carbocycles. The van der Waals surface area contributed by atoms with Crippen molar-refractivity contribution in [2.24, 2.45) is 0 Å². The van der Waals surface area contributed by atoms with Gasteiger partial charge in [0.05, 0.1) is 37.9 Å². The van der Waals surface area contributed by atoms with Gasteiger partial charge >= 0.3 is 5.97 Å². The number of imidazole rings is 1. The Morgan fingerprint density at radius 1 is 1.30 bits per heavy atom. The second-order valence-corrected chi connectivity index (χ2v) is 8.47. The molecule has 2 heterocycles. The maximum absolute atomic E-state index is 12.6. The maximum atomic E-state index is 12.6. The van der Waals surface area contributed by atoms with Gasteiger partial charge in [-0.15, -0.1) is 0 Å². The van der Waals surface area contributed by atoms with E-state index < -0.39 is 11.2 Å². The fourth-order valence-electron chi connectivity index (χ4n) is 3.58. The van der Waals surface area contributed by atoms with E-state index in [0.717, 1.165) is 11.3 Å². The van der Waals surface area contributed by atoms with Gasteiger partial charge < -0.3 is 23.5 Å². The van der Waals surface area contributed by atoms with Crippen molar-refractivity contribution in [1.82, 2.24) is 9.55 Å². The van der Waals surface area contributed by atoms with Gasteiger partial charge in [0.2, 0.25) is 0 Å². The molecule has 1 saturated heterocycles. The summed E-state index contributed by atoms with van der Waals surface area (Å²) in [5, 5.41) is 0. The van der Waals surface area contributed by atoms with Crippen LogP contribution in [-0.4, -0.2) is 40.6 Å². The average Bonchev–Trinajstić information content (AvgIpc) is 3.26. The highest BCUT2D eigenvalue weighted by atomic mass is 16.7. The fourth-order valence-corrected chi connectivity index (χ4v) is 3.58. The van der Waals surface area contributed by atoms with Crippen molar-refractivity contribution in [3.63, 3.8) is 0 Å². The predicted molar refractivity (Wildman–Crippen MR) is 112 cm³/mol. The van der Waals surface area contributed by atoms with E-state index in [1.165, 1.54) is 0 Å². The van der Waals surface area contributed by atoms with E-state index in [9.17, 15) is 4.79 Å². The van der Waals surface area contributed by atoms with E-state index in [1.54, 1.807) is 13.3 Å². The van der Waals surface area contributed by atoms with Gasteiger partial charge in [-0.2, -0.15) is 0 Å². The highest BCUT2D eigenvalue weighted by molar-refractivity contribution is 5.81. The smallest absolute Gasteiger partial charge is 0.317 e. The number of rotatable bonds is 9. The molecule has 1 aliphatic heterocycles. The minimum absolute atomic E-state index is 0.124. The quantitative estimate of drug-likeness (QED) is 0.582. The molecular weight excluding hydrogens is 384 g/mol. The van der Waals surface area contributed by atoms with Gasteiger partial charge in [0.1, 0.15) is 12.1 Å². The Morgan fingerprint density at radius 2 is 2.03 bits per heavy atom. The molecular formula is C23H32N2O5.